The molecule has 1 saturated heterocycles. The molecule has 0 bridgehead atoms. The quantitative estimate of drug-likeness (QED) is 0.846. The molecule has 134 valence electrons. The van der Waals surface area contributed by atoms with Crippen molar-refractivity contribution in [3.05, 3.63) is 36.2 Å². The molecule has 1 amide bonds. The summed E-state index contributed by atoms with van der Waals surface area (Å²) in [4.78, 5) is 25.0. The summed E-state index contributed by atoms with van der Waals surface area (Å²) < 4.78 is 5.34. The zero-order valence-electron chi connectivity index (χ0n) is 14.7. The third kappa shape index (κ3) is 4.61. The van der Waals surface area contributed by atoms with Gasteiger partial charge < -0.3 is 9.84 Å². The molecule has 1 fully saturated rings. The fourth-order valence-corrected chi connectivity index (χ4v) is 2.88. The Morgan fingerprint density at radius 3 is 2.64 bits per heavy atom. The van der Waals surface area contributed by atoms with E-state index in [4.69, 9.17) is 4.52 Å². The minimum atomic E-state index is -0.00260. The number of hydrogen-bond acceptors (Lipinski definition) is 7. The number of aryl methyl sites for hydroxylation is 1. The van der Waals surface area contributed by atoms with Crippen molar-refractivity contribution in [2.45, 2.75) is 26.3 Å². The number of rotatable bonds is 6. The maximum atomic E-state index is 12.1. The third-order valence-corrected chi connectivity index (χ3v) is 4.44. The van der Waals surface area contributed by atoms with Gasteiger partial charge in [-0.2, -0.15) is 4.98 Å². The SMILES string of the molecule is CCc1noc([C@@H](C)N2CCN(CC(=O)Nc3ccncc3)CC2)n1. The Morgan fingerprint density at radius 2 is 2.00 bits per heavy atom. The number of aromatic nitrogens is 3. The molecule has 0 spiro atoms. The Hall–Kier alpha value is -2.32. The molecule has 2 aromatic rings. The van der Waals surface area contributed by atoms with Gasteiger partial charge in [0, 0.05) is 50.7 Å². The second-order valence-corrected chi connectivity index (χ2v) is 6.17. The molecule has 2 aromatic heterocycles. The third-order valence-electron chi connectivity index (χ3n) is 4.44. The predicted octanol–water partition coefficient (Wildman–Crippen LogP) is 1.34. The number of hydrogen-bond donors (Lipinski definition) is 1. The van der Waals surface area contributed by atoms with E-state index in [0.717, 1.165) is 44.1 Å². The van der Waals surface area contributed by atoms with E-state index in [1.807, 2.05) is 6.92 Å². The maximum absolute atomic E-state index is 12.1. The van der Waals surface area contributed by atoms with Crippen LogP contribution in [0.2, 0.25) is 0 Å². The van der Waals surface area contributed by atoms with Crippen molar-refractivity contribution in [2.24, 2.45) is 0 Å². The molecule has 0 aliphatic carbocycles. The highest BCUT2D eigenvalue weighted by molar-refractivity contribution is 5.92. The number of carbonyl (C=O) groups excluding carboxylic acids is 1. The Morgan fingerprint density at radius 1 is 1.28 bits per heavy atom. The Kier molecular flexibility index (Phi) is 5.72. The van der Waals surface area contributed by atoms with Gasteiger partial charge in [0.25, 0.3) is 0 Å². The zero-order chi connectivity index (χ0) is 17.6. The topological polar surface area (TPSA) is 87.4 Å². The van der Waals surface area contributed by atoms with E-state index in [1.165, 1.54) is 0 Å². The highest BCUT2D eigenvalue weighted by Crippen LogP contribution is 2.20. The van der Waals surface area contributed by atoms with Crippen LogP contribution in [0.4, 0.5) is 5.69 Å². The molecule has 0 radical (unpaired) electrons. The van der Waals surface area contributed by atoms with Crippen molar-refractivity contribution in [3.63, 3.8) is 0 Å². The molecule has 8 nitrogen and oxygen atoms in total. The molecule has 8 heteroatoms. The van der Waals surface area contributed by atoms with Gasteiger partial charge in [-0.05, 0) is 19.1 Å². The van der Waals surface area contributed by atoms with E-state index >= 15 is 0 Å². The number of nitrogens with zero attached hydrogens (tertiary/aromatic N) is 5. The van der Waals surface area contributed by atoms with Crippen molar-refractivity contribution in [1.29, 1.82) is 0 Å². The molecular formula is C17H24N6O2. The second kappa shape index (κ2) is 8.17. The fraction of sp³-hybridized carbons (Fsp3) is 0.529. The summed E-state index contributed by atoms with van der Waals surface area (Å²) in [5.74, 6) is 1.41. The number of carbonyl (C=O) groups is 1. The minimum Gasteiger partial charge on any atom is -0.338 e. The van der Waals surface area contributed by atoms with Crippen molar-refractivity contribution >= 4 is 11.6 Å². The average Bonchev–Trinajstić information content (AvgIpc) is 3.12. The lowest BCUT2D eigenvalue weighted by molar-refractivity contribution is -0.117. The van der Waals surface area contributed by atoms with E-state index in [9.17, 15) is 4.79 Å². The summed E-state index contributed by atoms with van der Waals surface area (Å²) in [6, 6.07) is 3.67. The first-order chi connectivity index (χ1) is 12.2. The summed E-state index contributed by atoms with van der Waals surface area (Å²) in [5.41, 5.74) is 0.774. The highest BCUT2D eigenvalue weighted by Gasteiger charge is 2.26. The zero-order valence-corrected chi connectivity index (χ0v) is 14.7. The lowest BCUT2D eigenvalue weighted by atomic mass is 10.2. The Balaban J connectivity index is 1.46. The monoisotopic (exact) mass is 344 g/mol. The maximum Gasteiger partial charge on any atom is 0.243 e. The van der Waals surface area contributed by atoms with E-state index < -0.39 is 0 Å². The van der Waals surface area contributed by atoms with Gasteiger partial charge in [-0.15, -0.1) is 0 Å². The van der Waals surface area contributed by atoms with Crippen LogP contribution >= 0.6 is 0 Å². The first-order valence-electron chi connectivity index (χ1n) is 8.64. The molecule has 0 unspecified atom stereocenters. The van der Waals surface area contributed by atoms with Gasteiger partial charge in [0.1, 0.15) is 0 Å². The van der Waals surface area contributed by atoms with Crippen molar-refractivity contribution in [1.82, 2.24) is 24.9 Å². The van der Waals surface area contributed by atoms with Crippen molar-refractivity contribution in [3.8, 4) is 0 Å². The van der Waals surface area contributed by atoms with Crippen LogP contribution in [-0.4, -0.2) is 63.6 Å². The van der Waals surface area contributed by atoms with E-state index in [-0.39, 0.29) is 11.9 Å². The van der Waals surface area contributed by atoms with Gasteiger partial charge in [-0.25, -0.2) is 0 Å². The van der Waals surface area contributed by atoms with Crippen molar-refractivity contribution < 1.29 is 9.32 Å². The Bertz CT molecular complexity index is 681. The predicted molar refractivity (Wildman–Crippen MR) is 93.0 cm³/mol. The summed E-state index contributed by atoms with van der Waals surface area (Å²) in [6.45, 7) is 7.89. The van der Waals surface area contributed by atoms with Crippen LogP contribution in [0.25, 0.3) is 0 Å². The van der Waals surface area contributed by atoms with Gasteiger partial charge in [0.15, 0.2) is 5.82 Å². The van der Waals surface area contributed by atoms with Crippen LogP contribution < -0.4 is 5.32 Å². The van der Waals surface area contributed by atoms with Crippen molar-refractivity contribution in [2.75, 3.05) is 38.0 Å². The van der Waals surface area contributed by atoms with E-state index in [0.29, 0.717) is 12.4 Å². The number of nitrogens with one attached hydrogen (secondary N) is 1. The highest BCUT2D eigenvalue weighted by atomic mass is 16.5. The standard InChI is InChI=1S/C17H24N6O2/c1-3-15-20-17(25-21-15)13(2)23-10-8-22(9-11-23)12-16(24)19-14-4-6-18-7-5-14/h4-7,13H,3,8-12H2,1-2H3,(H,18,19,24)/t13-/m1/s1. The first kappa shape index (κ1) is 17.5. The molecule has 25 heavy (non-hydrogen) atoms. The summed E-state index contributed by atoms with van der Waals surface area (Å²) in [6.07, 6.45) is 4.10. The molecule has 3 heterocycles. The summed E-state index contributed by atoms with van der Waals surface area (Å²) >= 11 is 0. The number of amides is 1. The normalized spacial score (nSPS) is 17.4. The Labute approximate surface area is 147 Å². The lowest BCUT2D eigenvalue weighted by Crippen LogP contribution is -2.49. The largest absolute Gasteiger partial charge is 0.338 e. The van der Waals surface area contributed by atoms with Crippen LogP contribution in [0.1, 0.15) is 31.6 Å². The van der Waals surface area contributed by atoms with Gasteiger partial charge in [-0.3, -0.25) is 19.6 Å². The summed E-state index contributed by atoms with van der Waals surface area (Å²) in [7, 11) is 0. The number of anilines is 1. The molecule has 1 aliphatic rings. The minimum absolute atomic E-state index is 0.00260. The molecule has 1 atom stereocenters. The molecule has 1 aliphatic heterocycles. The van der Waals surface area contributed by atoms with E-state index in [2.05, 4.69) is 37.2 Å². The van der Waals surface area contributed by atoms with Crippen LogP contribution in [0, 0.1) is 0 Å². The van der Waals surface area contributed by atoms with Crippen LogP contribution in [0.3, 0.4) is 0 Å². The van der Waals surface area contributed by atoms with Gasteiger partial charge in [0.2, 0.25) is 11.8 Å². The van der Waals surface area contributed by atoms with E-state index in [1.54, 1.807) is 24.5 Å². The second-order valence-electron chi connectivity index (χ2n) is 6.17. The van der Waals surface area contributed by atoms with Gasteiger partial charge >= 0.3 is 0 Å². The molecule has 1 N–H and O–H groups in total. The molecule has 0 aromatic carbocycles. The summed E-state index contributed by atoms with van der Waals surface area (Å²) in [5, 5.41) is 6.85. The molecular weight excluding hydrogens is 320 g/mol. The van der Waals surface area contributed by atoms with Gasteiger partial charge in [-0.1, -0.05) is 12.1 Å². The first-order valence-corrected chi connectivity index (χ1v) is 8.64. The number of piperazine rings is 1. The lowest BCUT2D eigenvalue weighted by Gasteiger charge is -2.36. The smallest absolute Gasteiger partial charge is 0.243 e. The van der Waals surface area contributed by atoms with Crippen LogP contribution in [0.15, 0.2) is 29.0 Å². The fourth-order valence-electron chi connectivity index (χ4n) is 2.88. The molecule has 3 rings (SSSR count). The number of pyridine rings is 1. The van der Waals surface area contributed by atoms with Gasteiger partial charge in [0.05, 0.1) is 12.6 Å². The molecule has 0 saturated carbocycles. The van der Waals surface area contributed by atoms with Crippen LogP contribution in [0.5, 0.6) is 0 Å². The average molecular weight is 344 g/mol. The van der Waals surface area contributed by atoms with Crippen LogP contribution in [-0.2, 0) is 11.2 Å².